The minimum atomic E-state index is 0.591. The summed E-state index contributed by atoms with van der Waals surface area (Å²) in [5.74, 6) is 0. The molecule has 0 aliphatic rings. The Hall–Kier alpha value is -0.301. The first kappa shape index (κ1) is 13.8. The first-order chi connectivity index (χ1) is 7.58. The van der Waals surface area contributed by atoms with Crippen LogP contribution in [0, 0.1) is 20.8 Å². The molecule has 16 heavy (non-hydrogen) atoms. The van der Waals surface area contributed by atoms with Gasteiger partial charge in [0.15, 0.2) is 0 Å². The third-order valence-corrected chi connectivity index (χ3v) is 5.88. The molecule has 2 heteroatoms. The van der Waals surface area contributed by atoms with Crippen LogP contribution >= 0.6 is 0 Å². The summed E-state index contributed by atoms with van der Waals surface area (Å²) in [6, 6.07) is 4.62. The Morgan fingerprint density at radius 2 is 1.50 bits per heavy atom. The predicted molar refractivity (Wildman–Crippen MR) is 73.8 cm³/mol. The summed E-state index contributed by atoms with van der Waals surface area (Å²) in [6.45, 7) is 13.5. The van der Waals surface area contributed by atoms with E-state index in [0.29, 0.717) is 15.0 Å². The summed E-state index contributed by atoms with van der Waals surface area (Å²) in [4.78, 5) is 2.51. The molecule has 0 heterocycles. The predicted octanol–water partition coefficient (Wildman–Crippen LogP) is 2.24. The van der Waals surface area contributed by atoms with Crippen molar-refractivity contribution < 1.29 is 0 Å². The molecule has 0 unspecified atom stereocenters. The van der Waals surface area contributed by atoms with E-state index in [-0.39, 0.29) is 0 Å². The molecule has 0 saturated heterocycles. The minimum absolute atomic E-state index is 0.591. The molecule has 0 bridgehead atoms. The number of rotatable bonds is 5. The SMILES string of the molecule is CCN(CC)C[Se]c1c(C)cc(C)cc1C. The van der Waals surface area contributed by atoms with Gasteiger partial charge in [-0.3, -0.25) is 0 Å². The molecule has 0 saturated carbocycles. The van der Waals surface area contributed by atoms with E-state index in [4.69, 9.17) is 0 Å². The summed E-state index contributed by atoms with van der Waals surface area (Å²) in [7, 11) is 0. The number of hydrogen-bond acceptors (Lipinski definition) is 1. The summed E-state index contributed by atoms with van der Waals surface area (Å²) in [5, 5.41) is 0. The molecule has 0 fully saturated rings. The molecule has 0 amide bonds. The summed E-state index contributed by atoms with van der Waals surface area (Å²) in [5.41, 5.74) is 5.58. The number of hydrogen-bond donors (Lipinski definition) is 0. The van der Waals surface area contributed by atoms with Crippen LogP contribution in [0.2, 0.25) is 0 Å². The van der Waals surface area contributed by atoms with Gasteiger partial charge in [0.2, 0.25) is 0 Å². The molecule has 90 valence electrons. The molecule has 0 aromatic heterocycles. The summed E-state index contributed by atoms with van der Waals surface area (Å²) < 4.78 is 1.60. The van der Waals surface area contributed by atoms with Gasteiger partial charge in [0.25, 0.3) is 0 Å². The second kappa shape index (κ2) is 6.44. The van der Waals surface area contributed by atoms with Gasteiger partial charge in [0.1, 0.15) is 0 Å². The second-order valence-corrected chi connectivity index (χ2v) is 6.31. The van der Waals surface area contributed by atoms with E-state index in [9.17, 15) is 0 Å². The Morgan fingerprint density at radius 1 is 1.00 bits per heavy atom. The van der Waals surface area contributed by atoms with Gasteiger partial charge in [-0.15, -0.1) is 0 Å². The van der Waals surface area contributed by atoms with Crippen LogP contribution in [-0.2, 0) is 0 Å². The van der Waals surface area contributed by atoms with E-state index < -0.39 is 0 Å². The second-order valence-electron chi connectivity index (χ2n) is 4.30. The maximum atomic E-state index is 2.51. The van der Waals surface area contributed by atoms with E-state index in [2.05, 4.69) is 51.7 Å². The van der Waals surface area contributed by atoms with E-state index in [1.807, 2.05) is 0 Å². The van der Waals surface area contributed by atoms with Crippen LogP contribution in [0.4, 0.5) is 0 Å². The first-order valence-electron chi connectivity index (χ1n) is 6.01. The van der Waals surface area contributed by atoms with Gasteiger partial charge in [0, 0.05) is 0 Å². The van der Waals surface area contributed by atoms with Gasteiger partial charge in [-0.1, -0.05) is 0 Å². The monoisotopic (exact) mass is 285 g/mol. The van der Waals surface area contributed by atoms with E-state index in [0.717, 1.165) is 0 Å². The van der Waals surface area contributed by atoms with Crippen molar-refractivity contribution in [3.8, 4) is 0 Å². The third kappa shape index (κ3) is 3.62. The molecule has 0 N–H and O–H groups in total. The van der Waals surface area contributed by atoms with Crippen LogP contribution in [-0.4, -0.2) is 38.4 Å². The normalized spacial score (nSPS) is 11.1. The van der Waals surface area contributed by atoms with Gasteiger partial charge in [-0.25, -0.2) is 0 Å². The molecular formula is C14H23NSe. The van der Waals surface area contributed by atoms with Crippen molar-refractivity contribution in [3.63, 3.8) is 0 Å². The first-order valence-corrected chi connectivity index (χ1v) is 8.08. The van der Waals surface area contributed by atoms with Crippen molar-refractivity contribution in [3.05, 3.63) is 28.8 Å². The number of benzene rings is 1. The summed E-state index contributed by atoms with van der Waals surface area (Å²) >= 11 is 0.591. The van der Waals surface area contributed by atoms with Gasteiger partial charge < -0.3 is 0 Å². The molecule has 0 atom stereocenters. The topological polar surface area (TPSA) is 3.24 Å². The Balaban J connectivity index is 2.74. The zero-order chi connectivity index (χ0) is 12.1. The van der Waals surface area contributed by atoms with Gasteiger partial charge >= 0.3 is 106 Å². The third-order valence-electron chi connectivity index (χ3n) is 2.89. The zero-order valence-electron chi connectivity index (χ0n) is 11.1. The van der Waals surface area contributed by atoms with Gasteiger partial charge in [0.05, 0.1) is 0 Å². The van der Waals surface area contributed by atoms with Crippen LogP contribution in [0.3, 0.4) is 0 Å². The van der Waals surface area contributed by atoms with Crippen LogP contribution < -0.4 is 4.46 Å². The zero-order valence-corrected chi connectivity index (χ0v) is 12.8. The average molecular weight is 284 g/mol. The van der Waals surface area contributed by atoms with Crippen molar-refractivity contribution in [2.24, 2.45) is 0 Å². The Labute approximate surface area is 106 Å². The standard InChI is InChI=1S/C14H23NSe/c1-6-15(7-2)10-16-14-12(4)8-11(3)9-13(14)5/h8-9H,6-7,10H2,1-5H3. The van der Waals surface area contributed by atoms with Crippen molar-refractivity contribution in [1.82, 2.24) is 4.90 Å². The van der Waals surface area contributed by atoms with Gasteiger partial charge in [-0.2, -0.15) is 0 Å². The molecule has 0 aliphatic heterocycles. The molecule has 1 nitrogen and oxygen atoms in total. The quantitative estimate of drug-likeness (QED) is 0.750. The fraction of sp³-hybridized carbons (Fsp3) is 0.571. The van der Waals surface area contributed by atoms with Crippen LogP contribution in [0.25, 0.3) is 0 Å². The van der Waals surface area contributed by atoms with Crippen molar-refractivity contribution in [2.45, 2.75) is 34.6 Å². The van der Waals surface area contributed by atoms with Crippen LogP contribution in [0.5, 0.6) is 0 Å². The maximum absolute atomic E-state index is 2.51. The van der Waals surface area contributed by atoms with E-state index in [1.165, 1.54) is 35.2 Å². The van der Waals surface area contributed by atoms with Crippen molar-refractivity contribution in [2.75, 3.05) is 18.5 Å². The Kier molecular flexibility index (Phi) is 5.54. The van der Waals surface area contributed by atoms with Crippen molar-refractivity contribution in [1.29, 1.82) is 0 Å². The summed E-state index contributed by atoms with van der Waals surface area (Å²) in [6.07, 6.45) is 0. The molecular weight excluding hydrogens is 261 g/mol. The van der Waals surface area contributed by atoms with Crippen LogP contribution in [0.1, 0.15) is 30.5 Å². The Bertz CT molecular complexity index is 320. The van der Waals surface area contributed by atoms with Crippen LogP contribution in [0.15, 0.2) is 12.1 Å². The molecule has 1 aromatic rings. The average Bonchev–Trinajstić information content (AvgIpc) is 2.22. The fourth-order valence-corrected chi connectivity index (χ4v) is 4.58. The molecule has 1 rings (SSSR count). The molecule has 0 radical (unpaired) electrons. The molecule has 1 aromatic carbocycles. The van der Waals surface area contributed by atoms with E-state index in [1.54, 1.807) is 4.46 Å². The number of aryl methyl sites for hydroxylation is 3. The molecule has 0 spiro atoms. The fourth-order valence-electron chi connectivity index (χ4n) is 1.96. The Morgan fingerprint density at radius 3 is 1.94 bits per heavy atom. The van der Waals surface area contributed by atoms with Gasteiger partial charge in [-0.05, 0) is 0 Å². The number of nitrogens with zero attached hydrogens (tertiary/aromatic N) is 1. The van der Waals surface area contributed by atoms with Crippen molar-refractivity contribution >= 4 is 19.4 Å². The molecule has 0 aliphatic carbocycles. The van der Waals surface area contributed by atoms with E-state index >= 15 is 0 Å².